The van der Waals surface area contributed by atoms with Gasteiger partial charge in [0.2, 0.25) is 11.8 Å². The third-order valence-corrected chi connectivity index (χ3v) is 9.39. The number of carbonyl (C=O) groups is 2. The van der Waals surface area contributed by atoms with Gasteiger partial charge in [0, 0.05) is 53.2 Å². The van der Waals surface area contributed by atoms with E-state index < -0.39 is 0 Å². The molecular formula is C32H31ClN6O2. The van der Waals surface area contributed by atoms with Crippen molar-refractivity contribution in [1.82, 2.24) is 14.4 Å². The zero-order chi connectivity index (χ0) is 27.7. The van der Waals surface area contributed by atoms with Gasteiger partial charge in [-0.1, -0.05) is 23.7 Å². The van der Waals surface area contributed by atoms with Crippen molar-refractivity contribution in [3.8, 4) is 0 Å². The van der Waals surface area contributed by atoms with Crippen molar-refractivity contribution in [3.63, 3.8) is 0 Å². The molecule has 0 unspecified atom stereocenters. The van der Waals surface area contributed by atoms with Crippen molar-refractivity contribution in [3.05, 3.63) is 82.9 Å². The number of benzene rings is 1. The summed E-state index contributed by atoms with van der Waals surface area (Å²) >= 11 is 6.13. The van der Waals surface area contributed by atoms with Crippen LogP contribution in [0, 0.1) is 11.8 Å². The Hall–Kier alpha value is -3.91. The minimum Gasteiger partial charge on any atom is -0.379 e. The second-order valence-corrected chi connectivity index (χ2v) is 12.5. The summed E-state index contributed by atoms with van der Waals surface area (Å²) in [6.45, 7) is 0.511. The van der Waals surface area contributed by atoms with Crippen molar-refractivity contribution in [1.29, 1.82) is 0 Å². The Labute approximate surface area is 243 Å². The number of rotatable bonds is 8. The summed E-state index contributed by atoms with van der Waals surface area (Å²) in [6, 6.07) is 14.0. The summed E-state index contributed by atoms with van der Waals surface area (Å²) in [4.78, 5) is 37.4. The molecular weight excluding hydrogens is 536 g/mol. The lowest BCUT2D eigenvalue weighted by Gasteiger charge is -2.28. The third-order valence-electron chi connectivity index (χ3n) is 9.16. The fraction of sp³-hybridized carbons (Fsp3) is 0.375. The molecule has 4 atom stereocenters. The molecule has 1 aromatic carbocycles. The quantitative estimate of drug-likeness (QED) is 0.268. The highest BCUT2D eigenvalue weighted by atomic mass is 35.5. The first-order chi connectivity index (χ1) is 20.0. The Morgan fingerprint density at radius 3 is 2.68 bits per heavy atom. The zero-order valence-electron chi connectivity index (χ0n) is 22.6. The van der Waals surface area contributed by atoms with E-state index in [1.165, 1.54) is 18.4 Å². The van der Waals surface area contributed by atoms with Gasteiger partial charge in [0.15, 0.2) is 5.65 Å². The van der Waals surface area contributed by atoms with Gasteiger partial charge in [0.05, 0.1) is 17.9 Å². The Kier molecular flexibility index (Phi) is 5.81. The van der Waals surface area contributed by atoms with Gasteiger partial charge in [-0.15, -0.1) is 0 Å². The molecule has 2 bridgehead atoms. The molecule has 8 nitrogen and oxygen atoms in total. The number of halogens is 1. The summed E-state index contributed by atoms with van der Waals surface area (Å²) in [5.74, 6) is 1.63. The van der Waals surface area contributed by atoms with Crippen LogP contribution in [0.5, 0.6) is 0 Å². The standard InChI is InChI=1S/C32H31ClN6O2/c33-22-3-1-2-19(10-22)26-14-27(26)31(40)37-29-13-23(8-9-34-29)35-15-24-17-38-16-21(18-4-5-18)12-28(30(38)36-24)39-25-7-6-20(11-25)32(39)41/h1-3,8-10,12-13,16-18,20,25-27H,4-7,11,14-15H2,(H2,34,35,37,40)/t20-,25+,26+,27-/m0/s1. The van der Waals surface area contributed by atoms with Gasteiger partial charge in [0.1, 0.15) is 5.82 Å². The summed E-state index contributed by atoms with van der Waals surface area (Å²) in [7, 11) is 0. The van der Waals surface area contributed by atoms with Crippen LogP contribution < -0.4 is 15.5 Å². The lowest BCUT2D eigenvalue weighted by Crippen LogP contribution is -2.37. The van der Waals surface area contributed by atoms with Crippen molar-refractivity contribution in [2.75, 3.05) is 15.5 Å². The molecule has 4 fully saturated rings. The average Bonchev–Trinajstić information content (AvgIpc) is 3.86. The number of amides is 2. The van der Waals surface area contributed by atoms with E-state index in [1.54, 1.807) is 6.20 Å². The van der Waals surface area contributed by atoms with Gasteiger partial charge in [-0.05, 0) is 85.8 Å². The van der Waals surface area contributed by atoms with E-state index in [2.05, 4.69) is 38.5 Å². The Balaban J connectivity index is 0.972. The average molecular weight is 567 g/mol. The maximum atomic E-state index is 13.1. The monoisotopic (exact) mass is 566 g/mol. The lowest BCUT2D eigenvalue weighted by molar-refractivity contribution is -0.121. The highest BCUT2D eigenvalue weighted by Gasteiger charge is 2.46. The zero-order valence-corrected chi connectivity index (χ0v) is 23.3. The molecule has 3 aliphatic carbocycles. The summed E-state index contributed by atoms with van der Waals surface area (Å²) in [5.41, 5.74) is 5.93. The number of anilines is 3. The number of pyridine rings is 2. The van der Waals surface area contributed by atoms with Gasteiger partial charge in [-0.3, -0.25) is 9.59 Å². The van der Waals surface area contributed by atoms with E-state index in [-0.39, 0.29) is 29.6 Å². The van der Waals surface area contributed by atoms with Crippen LogP contribution in [-0.4, -0.2) is 32.2 Å². The maximum Gasteiger partial charge on any atom is 0.230 e. The van der Waals surface area contributed by atoms with Crippen molar-refractivity contribution >= 4 is 46.3 Å². The van der Waals surface area contributed by atoms with E-state index in [0.717, 1.165) is 54.0 Å². The number of imidazole rings is 1. The van der Waals surface area contributed by atoms with Crippen LogP contribution in [0.1, 0.15) is 67.2 Å². The largest absolute Gasteiger partial charge is 0.379 e. The number of aromatic nitrogens is 3. The Morgan fingerprint density at radius 2 is 1.88 bits per heavy atom. The molecule has 9 heteroatoms. The predicted octanol–water partition coefficient (Wildman–Crippen LogP) is 6.13. The summed E-state index contributed by atoms with van der Waals surface area (Å²) in [5, 5.41) is 7.10. The maximum absolute atomic E-state index is 13.1. The minimum absolute atomic E-state index is 0.0239. The third kappa shape index (κ3) is 4.64. The molecule has 41 heavy (non-hydrogen) atoms. The Morgan fingerprint density at radius 1 is 1.00 bits per heavy atom. The Bertz CT molecular complexity index is 1700. The van der Waals surface area contributed by atoms with Gasteiger partial charge >= 0.3 is 0 Å². The number of hydrogen-bond acceptors (Lipinski definition) is 5. The highest BCUT2D eigenvalue weighted by molar-refractivity contribution is 6.30. The van der Waals surface area contributed by atoms with E-state index in [4.69, 9.17) is 16.6 Å². The SMILES string of the molecule is O=C(Nc1cc(NCc2cn3cc(C4CC4)cc(N4C(=O)[C@H]5CC[C@@H]4C5)c3n2)ccn1)[C@H]1C[C@@H]1c1cccc(Cl)c1. The minimum atomic E-state index is -0.0720. The van der Waals surface area contributed by atoms with Crippen LogP contribution in [0.4, 0.5) is 17.2 Å². The molecule has 3 aromatic heterocycles. The molecule has 2 amide bonds. The van der Waals surface area contributed by atoms with E-state index >= 15 is 0 Å². The number of hydrogen-bond donors (Lipinski definition) is 2. The summed E-state index contributed by atoms with van der Waals surface area (Å²) < 4.78 is 2.10. The van der Waals surface area contributed by atoms with Crippen LogP contribution in [-0.2, 0) is 16.1 Å². The van der Waals surface area contributed by atoms with Crippen LogP contribution in [0.25, 0.3) is 5.65 Å². The first-order valence-electron chi connectivity index (χ1n) is 14.6. The molecule has 8 rings (SSSR count). The second kappa shape index (κ2) is 9.58. The van der Waals surface area contributed by atoms with Crippen LogP contribution in [0.15, 0.2) is 61.1 Å². The molecule has 208 valence electrons. The van der Waals surface area contributed by atoms with Crippen molar-refractivity contribution < 1.29 is 9.59 Å². The topological polar surface area (TPSA) is 91.6 Å². The normalized spacial score (nSPS) is 24.7. The molecule has 1 aliphatic heterocycles. The number of piperidine rings is 1. The second-order valence-electron chi connectivity index (χ2n) is 12.0. The highest BCUT2D eigenvalue weighted by Crippen LogP contribution is 2.48. The van der Waals surface area contributed by atoms with E-state index in [9.17, 15) is 9.59 Å². The van der Waals surface area contributed by atoms with E-state index in [0.29, 0.717) is 29.3 Å². The fourth-order valence-corrected chi connectivity index (χ4v) is 6.97. The first kappa shape index (κ1) is 24.9. The number of nitrogens with zero attached hydrogens (tertiary/aromatic N) is 4. The van der Waals surface area contributed by atoms with Crippen LogP contribution in [0.3, 0.4) is 0 Å². The predicted molar refractivity (Wildman–Crippen MR) is 158 cm³/mol. The lowest BCUT2D eigenvalue weighted by atomic mass is 10.1. The molecule has 4 aromatic rings. The van der Waals surface area contributed by atoms with Crippen LogP contribution in [0.2, 0.25) is 5.02 Å². The van der Waals surface area contributed by atoms with Crippen molar-refractivity contribution in [2.24, 2.45) is 11.8 Å². The number of fused-ring (bicyclic) bond motifs is 3. The molecule has 3 saturated carbocycles. The summed E-state index contributed by atoms with van der Waals surface area (Å²) in [6.07, 6.45) is 12.2. The van der Waals surface area contributed by atoms with Gasteiger partial charge in [0.25, 0.3) is 0 Å². The van der Waals surface area contributed by atoms with Crippen LogP contribution >= 0.6 is 11.6 Å². The van der Waals surface area contributed by atoms with Gasteiger partial charge in [-0.2, -0.15) is 0 Å². The van der Waals surface area contributed by atoms with Gasteiger partial charge < -0.3 is 19.9 Å². The molecule has 4 heterocycles. The molecule has 2 N–H and O–H groups in total. The fourth-order valence-electron chi connectivity index (χ4n) is 6.77. The molecule has 4 aliphatic rings. The number of carbonyl (C=O) groups excluding carboxylic acids is 2. The van der Waals surface area contributed by atoms with Crippen molar-refractivity contribution in [2.45, 2.75) is 62.9 Å². The smallest absolute Gasteiger partial charge is 0.230 e. The molecule has 0 spiro atoms. The molecule has 0 radical (unpaired) electrons. The van der Waals surface area contributed by atoms with E-state index in [1.807, 2.05) is 41.3 Å². The van der Waals surface area contributed by atoms with Gasteiger partial charge in [-0.25, -0.2) is 9.97 Å². The number of nitrogens with one attached hydrogen (secondary N) is 2. The first-order valence-corrected chi connectivity index (χ1v) is 15.0. The molecule has 1 saturated heterocycles.